The van der Waals surface area contributed by atoms with Crippen LogP contribution in [-0.4, -0.2) is 16.6 Å². The first-order chi connectivity index (χ1) is 14.1. The van der Waals surface area contributed by atoms with Crippen LogP contribution in [0.25, 0.3) is 22.6 Å². The zero-order chi connectivity index (χ0) is 20.4. The number of halogens is 1. The molecule has 4 rings (SSSR count). The van der Waals surface area contributed by atoms with Crippen molar-refractivity contribution < 1.29 is 13.5 Å². The highest BCUT2D eigenvalue weighted by molar-refractivity contribution is 5.81. The van der Waals surface area contributed by atoms with Gasteiger partial charge in [0, 0.05) is 17.3 Å². The third kappa shape index (κ3) is 3.66. The van der Waals surface area contributed by atoms with Gasteiger partial charge in [-0.05, 0) is 49.4 Å². The molecule has 3 N–H and O–H groups in total. The van der Waals surface area contributed by atoms with Crippen LogP contribution in [0.3, 0.4) is 0 Å². The lowest BCUT2D eigenvalue weighted by Crippen LogP contribution is -2.04. The van der Waals surface area contributed by atoms with Crippen LogP contribution >= 0.6 is 0 Å². The summed E-state index contributed by atoms with van der Waals surface area (Å²) < 4.78 is 24.3. The molecule has 2 aromatic heterocycles. The van der Waals surface area contributed by atoms with Crippen LogP contribution in [0.4, 0.5) is 21.6 Å². The van der Waals surface area contributed by atoms with Gasteiger partial charge in [0.2, 0.25) is 11.8 Å². The fourth-order valence-electron chi connectivity index (χ4n) is 2.83. The number of rotatable bonds is 5. The molecule has 0 saturated carbocycles. The molecular formula is C21H16FN5O2. The van der Waals surface area contributed by atoms with Crippen LogP contribution in [0.15, 0.2) is 52.9 Å². The van der Waals surface area contributed by atoms with Crippen LogP contribution in [0.1, 0.15) is 12.5 Å². The van der Waals surface area contributed by atoms with Crippen molar-refractivity contribution in [3.8, 4) is 23.4 Å². The van der Waals surface area contributed by atoms with E-state index < -0.39 is 0 Å². The third-order valence-electron chi connectivity index (χ3n) is 4.16. The van der Waals surface area contributed by atoms with E-state index in [-0.39, 0.29) is 22.9 Å². The number of oxazole rings is 1. The summed E-state index contributed by atoms with van der Waals surface area (Å²) in [7, 11) is 0. The van der Waals surface area contributed by atoms with Gasteiger partial charge in [0.1, 0.15) is 28.8 Å². The summed E-state index contributed by atoms with van der Waals surface area (Å²) in [5, 5.41) is 12.4. The summed E-state index contributed by atoms with van der Waals surface area (Å²) in [6, 6.07) is 14.9. The number of hydrogen-bond acceptors (Lipinski definition) is 7. The van der Waals surface area contributed by atoms with Gasteiger partial charge in [0.25, 0.3) is 0 Å². The fourth-order valence-corrected chi connectivity index (χ4v) is 2.83. The highest BCUT2D eigenvalue weighted by Gasteiger charge is 2.13. The highest BCUT2D eigenvalue weighted by Crippen LogP contribution is 2.30. The maximum atomic E-state index is 13.1. The van der Waals surface area contributed by atoms with Gasteiger partial charge in [-0.3, -0.25) is 0 Å². The highest BCUT2D eigenvalue weighted by atomic mass is 19.1. The molecule has 0 aliphatic carbocycles. The van der Waals surface area contributed by atoms with E-state index >= 15 is 0 Å². The first-order valence-electron chi connectivity index (χ1n) is 8.84. The van der Waals surface area contributed by atoms with Gasteiger partial charge in [0.15, 0.2) is 5.58 Å². The number of fused-ring (bicyclic) bond motifs is 1. The minimum Gasteiger partial charge on any atom is -0.477 e. The molecule has 144 valence electrons. The van der Waals surface area contributed by atoms with Crippen molar-refractivity contribution in [3.05, 3.63) is 59.9 Å². The molecule has 8 heteroatoms. The number of nitriles is 1. The van der Waals surface area contributed by atoms with Gasteiger partial charge in [0.05, 0.1) is 12.3 Å². The number of nitrogen functional groups attached to an aromatic ring is 1. The van der Waals surface area contributed by atoms with E-state index in [1.54, 1.807) is 43.3 Å². The lowest BCUT2D eigenvalue weighted by atomic mass is 10.2. The molecule has 0 unspecified atom stereocenters. The molecule has 2 aromatic carbocycles. The Bertz CT molecular complexity index is 1230. The molecule has 0 amide bonds. The number of benzene rings is 2. The molecule has 0 bridgehead atoms. The Morgan fingerprint density at radius 2 is 1.97 bits per heavy atom. The van der Waals surface area contributed by atoms with Crippen molar-refractivity contribution in [2.24, 2.45) is 0 Å². The first-order valence-corrected chi connectivity index (χ1v) is 8.84. The van der Waals surface area contributed by atoms with Gasteiger partial charge in [-0.15, -0.1) is 0 Å². The molecule has 4 aromatic rings. The Morgan fingerprint density at radius 1 is 1.17 bits per heavy atom. The van der Waals surface area contributed by atoms with E-state index in [1.165, 1.54) is 12.1 Å². The number of nitrogens with one attached hydrogen (secondary N) is 1. The average Bonchev–Trinajstić information content (AvgIpc) is 3.12. The predicted molar refractivity (Wildman–Crippen MR) is 107 cm³/mol. The smallest absolute Gasteiger partial charge is 0.235 e. The largest absolute Gasteiger partial charge is 0.477 e. The Morgan fingerprint density at radius 3 is 2.69 bits per heavy atom. The maximum absolute atomic E-state index is 13.1. The van der Waals surface area contributed by atoms with Crippen LogP contribution in [0, 0.1) is 17.1 Å². The van der Waals surface area contributed by atoms with Gasteiger partial charge >= 0.3 is 0 Å². The Hall–Kier alpha value is -4.12. The average molecular weight is 389 g/mol. The molecule has 0 fully saturated rings. The zero-order valence-electron chi connectivity index (χ0n) is 15.4. The summed E-state index contributed by atoms with van der Waals surface area (Å²) in [6.45, 7) is 2.16. The van der Waals surface area contributed by atoms with Crippen LogP contribution < -0.4 is 15.8 Å². The minimum atomic E-state index is -0.322. The van der Waals surface area contributed by atoms with Crippen molar-refractivity contribution in [2.75, 3.05) is 17.7 Å². The number of ether oxygens (including phenoxy) is 1. The lowest BCUT2D eigenvalue weighted by Gasteiger charge is -2.11. The monoisotopic (exact) mass is 389 g/mol. The van der Waals surface area contributed by atoms with E-state index in [0.717, 1.165) is 0 Å². The number of nitrogens with zero attached hydrogens (tertiary/aromatic N) is 3. The maximum Gasteiger partial charge on any atom is 0.235 e. The van der Waals surface area contributed by atoms with Gasteiger partial charge in [-0.25, -0.2) is 9.37 Å². The van der Waals surface area contributed by atoms with Crippen LogP contribution in [0.5, 0.6) is 5.88 Å². The van der Waals surface area contributed by atoms with E-state index in [9.17, 15) is 9.65 Å². The second-order valence-electron chi connectivity index (χ2n) is 6.16. The number of anilines is 3. The van der Waals surface area contributed by atoms with Crippen molar-refractivity contribution in [3.63, 3.8) is 0 Å². The topological polar surface area (TPSA) is 110 Å². The van der Waals surface area contributed by atoms with Gasteiger partial charge < -0.3 is 20.2 Å². The zero-order valence-corrected chi connectivity index (χ0v) is 15.4. The Balaban J connectivity index is 1.65. The molecule has 7 nitrogen and oxygen atoms in total. The summed E-state index contributed by atoms with van der Waals surface area (Å²) in [5.74, 6) is 0.693. The van der Waals surface area contributed by atoms with E-state index in [2.05, 4.69) is 15.3 Å². The first kappa shape index (κ1) is 18.3. The van der Waals surface area contributed by atoms with Crippen molar-refractivity contribution in [1.29, 1.82) is 5.26 Å². The Kier molecular flexibility index (Phi) is 4.71. The third-order valence-corrected chi connectivity index (χ3v) is 4.16. The van der Waals surface area contributed by atoms with Crippen LogP contribution in [-0.2, 0) is 0 Å². The summed E-state index contributed by atoms with van der Waals surface area (Å²) in [6.07, 6.45) is 0. The molecule has 0 aliphatic heterocycles. The van der Waals surface area contributed by atoms with E-state index in [1.807, 2.05) is 6.07 Å². The van der Waals surface area contributed by atoms with Gasteiger partial charge in [-0.2, -0.15) is 10.2 Å². The quantitative estimate of drug-likeness (QED) is 0.512. The molecule has 2 heterocycles. The molecule has 0 saturated heterocycles. The molecular weight excluding hydrogens is 373 g/mol. The van der Waals surface area contributed by atoms with Gasteiger partial charge in [-0.1, -0.05) is 0 Å². The number of pyridine rings is 1. The minimum absolute atomic E-state index is 0.179. The van der Waals surface area contributed by atoms with E-state index in [4.69, 9.17) is 14.9 Å². The van der Waals surface area contributed by atoms with Crippen molar-refractivity contribution in [2.45, 2.75) is 6.92 Å². The Labute approximate surface area is 165 Å². The number of nitrogens with two attached hydrogens (primary N) is 1. The number of aromatic nitrogens is 2. The van der Waals surface area contributed by atoms with Crippen molar-refractivity contribution in [1.82, 2.24) is 9.97 Å². The SMILES string of the molecule is CCOc1nc(Nc2ccc3oc(-c4ccc(F)cc4)nc3c2)cc(N)c1C#N. The lowest BCUT2D eigenvalue weighted by molar-refractivity contribution is 0.326. The molecule has 0 atom stereocenters. The number of hydrogen-bond donors (Lipinski definition) is 2. The van der Waals surface area contributed by atoms with Crippen molar-refractivity contribution >= 4 is 28.3 Å². The second-order valence-corrected chi connectivity index (χ2v) is 6.16. The second kappa shape index (κ2) is 7.48. The summed E-state index contributed by atoms with van der Waals surface area (Å²) in [4.78, 5) is 8.78. The molecule has 29 heavy (non-hydrogen) atoms. The molecule has 0 spiro atoms. The summed E-state index contributed by atoms with van der Waals surface area (Å²) in [5.41, 5.74) is 9.03. The predicted octanol–water partition coefficient (Wildman–Crippen LogP) is 4.63. The standard InChI is InChI=1S/C21H16FN5O2/c1-2-28-21-15(11-23)16(24)10-19(27-21)25-14-7-8-18-17(9-14)26-20(29-18)12-3-5-13(22)6-4-12/h3-10H,2H2,1H3,(H3,24,25,27). The fraction of sp³-hybridized carbons (Fsp3) is 0.0952. The van der Waals surface area contributed by atoms with Crippen LogP contribution in [0.2, 0.25) is 0 Å². The molecule has 0 radical (unpaired) electrons. The normalized spacial score (nSPS) is 10.7. The summed E-state index contributed by atoms with van der Waals surface area (Å²) >= 11 is 0. The molecule has 0 aliphatic rings. The van der Waals surface area contributed by atoms with E-state index in [0.29, 0.717) is 40.7 Å².